The van der Waals surface area contributed by atoms with Crippen LogP contribution < -0.4 is 10.2 Å². The van der Waals surface area contributed by atoms with Gasteiger partial charge in [-0.1, -0.05) is 11.6 Å². The first kappa shape index (κ1) is 21.1. The number of hydrogen-bond acceptors (Lipinski definition) is 4. The van der Waals surface area contributed by atoms with Crippen LogP contribution in [0.1, 0.15) is 20.3 Å². The molecule has 29 heavy (non-hydrogen) atoms. The lowest BCUT2D eigenvalue weighted by Gasteiger charge is -2.35. The first-order valence-electron chi connectivity index (χ1n) is 9.70. The molecule has 0 bridgehead atoms. The maximum Gasteiger partial charge on any atom is 0.312 e. The molecular weight excluding hydrogens is 396 g/mol. The fraction of sp³-hybridized carbons (Fsp3) is 0.500. The summed E-state index contributed by atoms with van der Waals surface area (Å²) < 4.78 is 0. The molecule has 2 heterocycles. The SMILES string of the molecule is CC(C)NC(=O)C(=O)N1CCN(C(=O)[C@@H]2CC(=O)N(c3ccc(Cl)cc3)C2)CC1. The number of rotatable bonds is 3. The summed E-state index contributed by atoms with van der Waals surface area (Å²) in [4.78, 5) is 54.1. The van der Waals surface area contributed by atoms with Crippen molar-refractivity contribution in [3.05, 3.63) is 29.3 Å². The van der Waals surface area contributed by atoms with Crippen LogP contribution in [-0.2, 0) is 19.2 Å². The Balaban J connectivity index is 1.54. The molecule has 1 N–H and O–H groups in total. The van der Waals surface area contributed by atoms with Crippen LogP contribution in [0.25, 0.3) is 0 Å². The van der Waals surface area contributed by atoms with Gasteiger partial charge in [-0.3, -0.25) is 19.2 Å². The summed E-state index contributed by atoms with van der Waals surface area (Å²) in [6.07, 6.45) is 0.164. The van der Waals surface area contributed by atoms with Gasteiger partial charge in [0.25, 0.3) is 0 Å². The highest BCUT2D eigenvalue weighted by atomic mass is 35.5. The number of anilines is 1. The van der Waals surface area contributed by atoms with Crippen molar-refractivity contribution >= 4 is 40.9 Å². The molecular formula is C20H25ClN4O4. The topological polar surface area (TPSA) is 90.0 Å². The molecule has 0 aliphatic carbocycles. The Hall–Kier alpha value is -2.61. The Labute approximate surface area is 174 Å². The van der Waals surface area contributed by atoms with Crippen LogP contribution in [0, 0.1) is 5.92 Å². The standard InChI is InChI=1S/C20H25ClN4O4/c1-13(2)22-18(27)20(29)24-9-7-23(8-10-24)19(28)14-11-17(26)25(12-14)16-5-3-15(21)4-6-16/h3-6,13-14H,7-12H2,1-2H3,(H,22,27)/t14-/m1/s1. The van der Waals surface area contributed by atoms with E-state index in [0.29, 0.717) is 37.7 Å². The van der Waals surface area contributed by atoms with Gasteiger partial charge in [-0.05, 0) is 38.1 Å². The minimum Gasteiger partial charge on any atom is -0.346 e. The molecule has 1 aromatic rings. The molecule has 2 aliphatic rings. The zero-order valence-electron chi connectivity index (χ0n) is 16.6. The van der Waals surface area contributed by atoms with Crippen LogP contribution in [0.15, 0.2) is 24.3 Å². The molecule has 2 fully saturated rings. The van der Waals surface area contributed by atoms with E-state index in [1.807, 2.05) is 0 Å². The molecule has 1 atom stereocenters. The predicted molar refractivity (Wildman–Crippen MR) is 108 cm³/mol. The van der Waals surface area contributed by atoms with E-state index in [4.69, 9.17) is 11.6 Å². The van der Waals surface area contributed by atoms with Crippen LogP contribution in [0.5, 0.6) is 0 Å². The van der Waals surface area contributed by atoms with Crippen molar-refractivity contribution in [2.75, 3.05) is 37.6 Å². The molecule has 1 aromatic carbocycles. The van der Waals surface area contributed by atoms with Gasteiger partial charge in [0.05, 0.1) is 5.92 Å². The molecule has 4 amide bonds. The average molecular weight is 421 g/mol. The van der Waals surface area contributed by atoms with E-state index < -0.39 is 17.7 Å². The van der Waals surface area contributed by atoms with Crippen LogP contribution in [0.3, 0.4) is 0 Å². The smallest absolute Gasteiger partial charge is 0.312 e. The second-order valence-electron chi connectivity index (χ2n) is 7.63. The highest BCUT2D eigenvalue weighted by molar-refractivity contribution is 6.35. The van der Waals surface area contributed by atoms with Crippen LogP contribution in [0.2, 0.25) is 5.02 Å². The third-order valence-electron chi connectivity index (χ3n) is 5.11. The number of carbonyl (C=O) groups excluding carboxylic acids is 4. The lowest BCUT2D eigenvalue weighted by atomic mass is 10.1. The van der Waals surface area contributed by atoms with Crippen molar-refractivity contribution < 1.29 is 19.2 Å². The van der Waals surface area contributed by atoms with Gasteiger partial charge in [-0.2, -0.15) is 0 Å². The molecule has 2 aliphatic heterocycles. The first-order chi connectivity index (χ1) is 13.8. The first-order valence-corrected chi connectivity index (χ1v) is 10.1. The minimum atomic E-state index is -0.625. The van der Waals surface area contributed by atoms with E-state index in [1.165, 1.54) is 4.90 Å². The van der Waals surface area contributed by atoms with E-state index >= 15 is 0 Å². The predicted octanol–water partition coefficient (Wildman–Crippen LogP) is 0.888. The van der Waals surface area contributed by atoms with E-state index in [2.05, 4.69) is 5.32 Å². The van der Waals surface area contributed by atoms with E-state index in [-0.39, 0.29) is 24.3 Å². The average Bonchev–Trinajstić information content (AvgIpc) is 3.08. The molecule has 0 radical (unpaired) electrons. The zero-order valence-corrected chi connectivity index (χ0v) is 17.3. The van der Waals surface area contributed by atoms with Gasteiger partial charge in [0.1, 0.15) is 0 Å². The Bertz CT molecular complexity index is 803. The van der Waals surface area contributed by atoms with Crippen LogP contribution >= 0.6 is 11.6 Å². The van der Waals surface area contributed by atoms with E-state index in [1.54, 1.807) is 47.9 Å². The summed E-state index contributed by atoms with van der Waals surface area (Å²) in [5.74, 6) is -1.79. The number of piperazine rings is 1. The zero-order chi connectivity index (χ0) is 21.1. The lowest BCUT2D eigenvalue weighted by molar-refractivity contribution is -0.149. The quantitative estimate of drug-likeness (QED) is 0.735. The maximum atomic E-state index is 12.9. The summed E-state index contributed by atoms with van der Waals surface area (Å²) in [6, 6.07) is 6.84. The molecule has 2 saturated heterocycles. The highest BCUT2D eigenvalue weighted by Crippen LogP contribution is 2.27. The second kappa shape index (κ2) is 8.82. The summed E-state index contributed by atoms with van der Waals surface area (Å²) in [7, 11) is 0. The minimum absolute atomic E-state index is 0.0893. The molecule has 156 valence electrons. The molecule has 0 unspecified atom stereocenters. The van der Waals surface area contributed by atoms with Crippen LogP contribution in [0.4, 0.5) is 5.69 Å². The Morgan fingerprint density at radius 2 is 1.62 bits per heavy atom. The third-order valence-corrected chi connectivity index (χ3v) is 5.36. The normalized spacial score (nSPS) is 19.7. The lowest BCUT2D eigenvalue weighted by Crippen LogP contribution is -2.55. The van der Waals surface area contributed by atoms with Crippen molar-refractivity contribution in [2.24, 2.45) is 5.92 Å². The molecule has 3 rings (SSSR count). The number of benzene rings is 1. The number of nitrogens with one attached hydrogen (secondary N) is 1. The van der Waals surface area contributed by atoms with Crippen molar-refractivity contribution in [2.45, 2.75) is 26.3 Å². The Morgan fingerprint density at radius 3 is 2.21 bits per heavy atom. The number of nitrogens with zero attached hydrogens (tertiary/aromatic N) is 3. The molecule has 0 spiro atoms. The number of carbonyl (C=O) groups is 4. The second-order valence-corrected chi connectivity index (χ2v) is 8.06. The largest absolute Gasteiger partial charge is 0.346 e. The Morgan fingerprint density at radius 1 is 1.03 bits per heavy atom. The molecule has 9 heteroatoms. The monoisotopic (exact) mass is 420 g/mol. The summed E-state index contributed by atoms with van der Waals surface area (Å²) in [5.41, 5.74) is 0.723. The van der Waals surface area contributed by atoms with Crippen molar-refractivity contribution in [1.29, 1.82) is 0 Å². The van der Waals surface area contributed by atoms with Crippen LogP contribution in [-0.4, -0.2) is 72.2 Å². The summed E-state index contributed by atoms with van der Waals surface area (Å²) in [6.45, 7) is 5.22. The number of hydrogen-bond donors (Lipinski definition) is 1. The van der Waals surface area contributed by atoms with Gasteiger partial charge in [0.15, 0.2) is 0 Å². The fourth-order valence-corrected chi connectivity index (χ4v) is 3.73. The third kappa shape index (κ3) is 4.87. The van der Waals surface area contributed by atoms with Gasteiger partial charge in [-0.15, -0.1) is 0 Å². The maximum absolute atomic E-state index is 12.9. The van der Waals surface area contributed by atoms with Gasteiger partial charge in [-0.25, -0.2) is 0 Å². The van der Waals surface area contributed by atoms with Crippen molar-refractivity contribution in [3.63, 3.8) is 0 Å². The molecule has 0 aromatic heterocycles. The summed E-state index contributed by atoms with van der Waals surface area (Å²) in [5, 5.41) is 3.17. The molecule has 0 saturated carbocycles. The van der Waals surface area contributed by atoms with Gasteiger partial charge in [0, 0.05) is 55.9 Å². The number of amides is 4. The van der Waals surface area contributed by atoms with Gasteiger partial charge < -0.3 is 20.0 Å². The van der Waals surface area contributed by atoms with Crippen molar-refractivity contribution in [3.8, 4) is 0 Å². The van der Waals surface area contributed by atoms with Gasteiger partial charge >= 0.3 is 11.8 Å². The Kier molecular flexibility index (Phi) is 6.42. The highest BCUT2D eigenvalue weighted by Gasteiger charge is 2.38. The molecule has 8 nitrogen and oxygen atoms in total. The fourth-order valence-electron chi connectivity index (χ4n) is 3.60. The number of halogens is 1. The van der Waals surface area contributed by atoms with Gasteiger partial charge in [0.2, 0.25) is 11.8 Å². The summed E-state index contributed by atoms with van der Waals surface area (Å²) >= 11 is 5.90. The van der Waals surface area contributed by atoms with Crippen molar-refractivity contribution in [1.82, 2.24) is 15.1 Å². The van der Waals surface area contributed by atoms with E-state index in [0.717, 1.165) is 5.69 Å². The van der Waals surface area contributed by atoms with E-state index in [9.17, 15) is 19.2 Å².